The Kier molecular flexibility index (Phi) is 5.98. The fourth-order valence-electron chi connectivity index (χ4n) is 2.48. The van der Waals surface area contributed by atoms with Crippen LogP contribution in [0.5, 0.6) is 0 Å². The van der Waals surface area contributed by atoms with Crippen molar-refractivity contribution in [1.29, 1.82) is 5.26 Å². The van der Waals surface area contributed by atoms with Crippen LogP contribution in [-0.4, -0.2) is 22.4 Å². The van der Waals surface area contributed by atoms with E-state index >= 15 is 0 Å². The third-order valence-electron chi connectivity index (χ3n) is 3.80. The van der Waals surface area contributed by atoms with Crippen LogP contribution >= 0.6 is 11.6 Å². The molecule has 3 aromatic rings. The number of hydrogen-bond acceptors (Lipinski definition) is 5. The number of nitriles is 1. The van der Waals surface area contributed by atoms with Gasteiger partial charge in [-0.1, -0.05) is 35.9 Å². The van der Waals surface area contributed by atoms with Crippen molar-refractivity contribution >= 4 is 29.0 Å². The Morgan fingerprint density at radius 3 is 2.78 bits per heavy atom. The second-order valence-electron chi connectivity index (χ2n) is 5.71. The number of amides is 1. The molecule has 0 unspecified atom stereocenters. The number of carbonyl (C=O) groups is 1. The molecule has 1 aromatic heterocycles. The highest BCUT2D eigenvalue weighted by Gasteiger charge is 2.11. The van der Waals surface area contributed by atoms with Gasteiger partial charge in [0, 0.05) is 17.6 Å². The minimum Gasteiger partial charge on any atom is -0.370 e. The van der Waals surface area contributed by atoms with Gasteiger partial charge in [-0.15, -0.1) is 0 Å². The van der Waals surface area contributed by atoms with Crippen LogP contribution in [0.25, 0.3) is 0 Å². The highest BCUT2D eigenvalue weighted by Crippen LogP contribution is 2.15. The Morgan fingerprint density at radius 1 is 1.11 bits per heavy atom. The van der Waals surface area contributed by atoms with Crippen LogP contribution in [0, 0.1) is 11.3 Å². The molecule has 0 saturated heterocycles. The fourth-order valence-corrected chi connectivity index (χ4v) is 2.69. The van der Waals surface area contributed by atoms with Gasteiger partial charge in [-0.05, 0) is 36.2 Å². The molecule has 7 heteroatoms. The number of para-hydroxylation sites is 1. The third-order valence-corrected chi connectivity index (χ3v) is 4.04. The summed E-state index contributed by atoms with van der Waals surface area (Å²) < 4.78 is 0. The average molecular weight is 378 g/mol. The number of carbonyl (C=O) groups excluding carboxylic acids is 1. The topological polar surface area (TPSA) is 90.7 Å². The van der Waals surface area contributed by atoms with Crippen molar-refractivity contribution in [3.63, 3.8) is 0 Å². The molecule has 0 radical (unpaired) electrons. The quantitative estimate of drug-likeness (QED) is 0.679. The van der Waals surface area contributed by atoms with Crippen LogP contribution in [0.2, 0.25) is 5.02 Å². The van der Waals surface area contributed by atoms with Gasteiger partial charge < -0.3 is 10.6 Å². The van der Waals surface area contributed by atoms with Crippen molar-refractivity contribution in [2.24, 2.45) is 0 Å². The molecule has 0 bridgehead atoms. The second kappa shape index (κ2) is 8.79. The summed E-state index contributed by atoms with van der Waals surface area (Å²) in [6.07, 6.45) is 2.09. The zero-order chi connectivity index (χ0) is 19.1. The molecule has 0 spiro atoms. The van der Waals surface area contributed by atoms with Gasteiger partial charge in [-0.25, -0.2) is 9.97 Å². The molecule has 134 valence electrons. The van der Waals surface area contributed by atoms with Crippen LogP contribution in [-0.2, 0) is 6.42 Å². The van der Waals surface area contributed by atoms with Crippen molar-refractivity contribution in [2.45, 2.75) is 6.42 Å². The molecule has 1 amide bonds. The maximum Gasteiger partial charge on any atom is 0.274 e. The molecule has 6 nitrogen and oxygen atoms in total. The Bertz CT molecular complexity index is 999. The van der Waals surface area contributed by atoms with Gasteiger partial charge in [0.1, 0.15) is 23.9 Å². The number of rotatable bonds is 6. The molecule has 3 rings (SSSR count). The van der Waals surface area contributed by atoms with E-state index in [0.29, 0.717) is 28.6 Å². The van der Waals surface area contributed by atoms with Gasteiger partial charge in [-0.3, -0.25) is 4.79 Å². The minimum absolute atomic E-state index is 0.211. The number of halogens is 1. The molecule has 0 aliphatic rings. The van der Waals surface area contributed by atoms with Crippen molar-refractivity contribution in [2.75, 3.05) is 17.2 Å². The standard InChI is InChI=1S/C20H16ClN5O/c21-16-6-3-4-14(10-16)8-9-23-19-11-18(24-13-25-19)20(27)26-17-7-2-1-5-15(17)12-22/h1-7,10-11,13H,8-9H2,(H,26,27)(H,23,24,25). The van der Waals surface area contributed by atoms with Gasteiger partial charge in [0.15, 0.2) is 0 Å². The lowest BCUT2D eigenvalue weighted by molar-refractivity contribution is 0.102. The Morgan fingerprint density at radius 2 is 1.96 bits per heavy atom. The van der Waals surface area contributed by atoms with Gasteiger partial charge in [0.05, 0.1) is 11.3 Å². The van der Waals surface area contributed by atoms with E-state index in [0.717, 1.165) is 12.0 Å². The lowest BCUT2D eigenvalue weighted by Gasteiger charge is -2.09. The Labute approximate surface area is 161 Å². The summed E-state index contributed by atoms with van der Waals surface area (Å²) in [6, 6.07) is 18.1. The van der Waals surface area contributed by atoms with Crippen LogP contribution in [0.3, 0.4) is 0 Å². The largest absolute Gasteiger partial charge is 0.370 e. The fraction of sp³-hybridized carbons (Fsp3) is 0.100. The molecule has 0 fully saturated rings. The van der Waals surface area contributed by atoms with Gasteiger partial charge >= 0.3 is 0 Å². The van der Waals surface area contributed by atoms with Crippen molar-refractivity contribution in [3.8, 4) is 6.07 Å². The summed E-state index contributed by atoms with van der Waals surface area (Å²) >= 11 is 5.98. The first-order chi connectivity index (χ1) is 13.2. The van der Waals surface area contributed by atoms with Crippen molar-refractivity contribution in [1.82, 2.24) is 9.97 Å². The maximum atomic E-state index is 12.4. The smallest absolute Gasteiger partial charge is 0.274 e. The summed E-state index contributed by atoms with van der Waals surface area (Å²) in [5, 5.41) is 15.7. The molecule has 2 N–H and O–H groups in total. The van der Waals surface area contributed by atoms with Crippen LogP contribution in [0.15, 0.2) is 60.9 Å². The summed E-state index contributed by atoms with van der Waals surface area (Å²) in [6.45, 7) is 0.635. The monoisotopic (exact) mass is 377 g/mol. The van der Waals surface area contributed by atoms with E-state index in [-0.39, 0.29) is 5.69 Å². The Balaban J connectivity index is 1.63. The number of nitrogens with one attached hydrogen (secondary N) is 2. The molecule has 2 aromatic carbocycles. The SMILES string of the molecule is N#Cc1ccccc1NC(=O)c1cc(NCCc2cccc(Cl)c2)ncn1. The number of hydrogen-bond donors (Lipinski definition) is 2. The van der Waals surface area contributed by atoms with E-state index in [2.05, 4.69) is 20.6 Å². The van der Waals surface area contributed by atoms with Gasteiger partial charge in [-0.2, -0.15) is 5.26 Å². The Hall–Kier alpha value is -3.43. The summed E-state index contributed by atoms with van der Waals surface area (Å²) in [5.74, 6) is 0.142. The van der Waals surface area contributed by atoms with Crippen LogP contribution < -0.4 is 10.6 Å². The van der Waals surface area contributed by atoms with E-state index in [9.17, 15) is 4.79 Å². The first-order valence-corrected chi connectivity index (χ1v) is 8.64. The van der Waals surface area contributed by atoms with E-state index < -0.39 is 5.91 Å². The zero-order valence-corrected chi connectivity index (χ0v) is 15.1. The number of aromatic nitrogens is 2. The first-order valence-electron chi connectivity index (χ1n) is 8.26. The third kappa shape index (κ3) is 5.03. The number of nitrogens with zero attached hydrogens (tertiary/aromatic N) is 3. The summed E-state index contributed by atoms with van der Waals surface area (Å²) in [4.78, 5) is 20.5. The van der Waals surface area contributed by atoms with Crippen molar-refractivity contribution < 1.29 is 4.79 Å². The van der Waals surface area contributed by atoms with E-state index in [4.69, 9.17) is 16.9 Å². The minimum atomic E-state index is -0.405. The van der Waals surface area contributed by atoms with E-state index in [1.807, 2.05) is 30.3 Å². The molecular weight excluding hydrogens is 362 g/mol. The van der Waals surface area contributed by atoms with Gasteiger partial charge in [0.2, 0.25) is 0 Å². The van der Waals surface area contributed by atoms with E-state index in [1.54, 1.807) is 30.3 Å². The first kappa shape index (κ1) is 18.4. The molecule has 0 aliphatic carbocycles. The lowest BCUT2D eigenvalue weighted by Crippen LogP contribution is -2.16. The highest BCUT2D eigenvalue weighted by atomic mass is 35.5. The van der Waals surface area contributed by atoms with Gasteiger partial charge in [0.25, 0.3) is 5.91 Å². The molecule has 27 heavy (non-hydrogen) atoms. The molecule has 0 atom stereocenters. The predicted octanol–water partition coefficient (Wildman–Crippen LogP) is 3.91. The molecule has 0 aliphatic heterocycles. The highest BCUT2D eigenvalue weighted by molar-refractivity contribution is 6.30. The molecule has 0 saturated carbocycles. The summed E-state index contributed by atoms with van der Waals surface area (Å²) in [7, 11) is 0. The average Bonchev–Trinajstić information content (AvgIpc) is 2.69. The zero-order valence-electron chi connectivity index (χ0n) is 14.3. The number of anilines is 2. The van der Waals surface area contributed by atoms with Crippen molar-refractivity contribution in [3.05, 3.63) is 82.8 Å². The predicted molar refractivity (Wildman–Crippen MR) is 105 cm³/mol. The van der Waals surface area contributed by atoms with E-state index in [1.165, 1.54) is 6.33 Å². The maximum absolute atomic E-state index is 12.4. The summed E-state index contributed by atoms with van der Waals surface area (Å²) in [5.41, 5.74) is 2.15. The second-order valence-corrected chi connectivity index (χ2v) is 6.14. The lowest BCUT2D eigenvalue weighted by atomic mass is 10.1. The van der Waals surface area contributed by atoms with Crippen LogP contribution in [0.1, 0.15) is 21.6 Å². The molecular formula is C20H16ClN5O. The number of benzene rings is 2. The molecule has 1 heterocycles. The normalized spacial score (nSPS) is 10.1. The van der Waals surface area contributed by atoms with Crippen LogP contribution in [0.4, 0.5) is 11.5 Å².